The average Bonchev–Trinajstić information content (AvgIpc) is 3.48. The van der Waals surface area contributed by atoms with E-state index in [0.717, 1.165) is 73.2 Å². The van der Waals surface area contributed by atoms with Crippen LogP contribution in [0, 0.1) is 12.8 Å². The van der Waals surface area contributed by atoms with Crippen molar-refractivity contribution >= 4 is 23.4 Å². The van der Waals surface area contributed by atoms with Crippen LogP contribution in [0.1, 0.15) is 43.9 Å². The van der Waals surface area contributed by atoms with Crippen LogP contribution in [0.5, 0.6) is 0 Å². The lowest BCUT2D eigenvalue weighted by molar-refractivity contribution is 0.0951. The van der Waals surface area contributed by atoms with E-state index in [1.54, 1.807) is 11.8 Å². The molecule has 1 atom stereocenters. The first-order valence-corrected chi connectivity index (χ1v) is 12.0. The topological polar surface area (TPSA) is 60.5 Å². The van der Waals surface area contributed by atoms with Crippen LogP contribution in [0.25, 0.3) is 5.65 Å². The number of anilines is 1. The molecule has 0 bridgehead atoms. The van der Waals surface area contributed by atoms with Gasteiger partial charge in [-0.15, -0.1) is 10.2 Å². The predicted octanol–water partition coefficient (Wildman–Crippen LogP) is 3.94. The molecule has 2 saturated heterocycles. The quantitative estimate of drug-likeness (QED) is 0.557. The molecule has 2 aliphatic rings. The third-order valence-electron chi connectivity index (χ3n) is 6.25. The fraction of sp³-hybridized carbons (Fsp3) is 0.591. The molecule has 7 nitrogen and oxygen atoms in total. The minimum atomic E-state index is 0.264. The molecule has 0 N–H and O–H groups in total. The van der Waals surface area contributed by atoms with Gasteiger partial charge >= 0.3 is 0 Å². The fourth-order valence-electron chi connectivity index (χ4n) is 4.39. The van der Waals surface area contributed by atoms with Gasteiger partial charge in [-0.05, 0) is 50.2 Å². The number of rotatable bonds is 6. The fourth-order valence-corrected chi connectivity index (χ4v) is 5.22. The summed E-state index contributed by atoms with van der Waals surface area (Å²) in [5.74, 6) is 2.58. The smallest absolute Gasteiger partial charge is 0.228 e. The zero-order valence-electron chi connectivity index (χ0n) is 17.8. The molecule has 0 radical (unpaired) electrons. The summed E-state index contributed by atoms with van der Waals surface area (Å²) in [5, 5.41) is 10.2. The molecule has 30 heavy (non-hydrogen) atoms. The van der Waals surface area contributed by atoms with Crippen molar-refractivity contribution in [3.63, 3.8) is 0 Å². The highest BCUT2D eigenvalue weighted by Crippen LogP contribution is 2.29. The second-order valence-corrected chi connectivity index (χ2v) is 9.58. The highest BCUT2D eigenvalue weighted by Gasteiger charge is 2.26. The second kappa shape index (κ2) is 8.59. The van der Waals surface area contributed by atoms with Gasteiger partial charge in [-0.3, -0.25) is 4.57 Å². The largest absolute Gasteiger partial charge is 0.376 e. The summed E-state index contributed by atoms with van der Waals surface area (Å²) in [4.78, 5) is 7.22. The molecule has 2 fully saturated rings. The number of hydrogen-bond donors (Lipinski definition) is 0. The zero-order valence-corrected chi connectivity index (χ0v) is 18.6. The van der Waals surface area contributed by atoms with E-state index in [2.05, 4.69) is 62.4 Å². The Hall–Kier alpha value is -2.06. The number of piperidine rings is 1. The van der Waals surface area contributed by atoms with Gasteiger partial charge in [0.05, 0.1) is 18.3 Å². The van der Waals surface area contributed by atoms with E-state index >= 15 is 0 Å². The molecule has 0 spiro atoms. The Morgan fingerprint density at radius 1 is 1.20 bits per heavy atom. The van der Waals surface area contributed by atoms with Gasteiger partial charge in [0.25, 0.3) is 0 Å². The second-order valence-electron chi connectivity index (χ2n) is 8.64. The molecule has 5 heterocycles. The van der Waals surface area contributed by atoms with Crippen LogP contribution >= 0.6 is 11.8 Å². The molecule has 2 aliphatic heterocycles. The Morgan fingerprint density at radius 3 is 2.83 bits per heavy atom. The minimum Gasteiger partial charge on any atom is -0.376 e. The van der Waals surface area contributed by atoms with Crippen LogP contribution in [0.15, 0.2) is 29.7 Å². The van der Waals surface area contributed by atoms with Crippen molar-refractivity contribution in [1.29, 1.82) is 0 Å². The Labute approximate surface area is 181 Å². The highest BCUT2D eigenvalue weighted by molar-refractivity contribution is 7.98. The molecular formula is C22H30N6OS. The lowest BCUT2D eigenvalue weighted by Gasteiger charge is -2.31. The van der Waals surface area contributed by atoms with E-state index in [1.165, 1.54) is 18.4 Å². The van der Waals surface area contributed by atoms with Crippen molar-refractivity contribution < 1.29 is 4.74 Å². The van der Waals surface area contributed by atoms with Gasteiger partial charge in [0.15, 0.2) is 5.16 Å². The molecule has 5 rings (SSSR count). The monoisotopic (exact) mass is 426 g/mol. The summed E-state index contributed by atoms with van der Waals surface area (Å²) in [7, 11) is 0. The number of thioether (sulfide) groups is 1. The lowest BCUT2D eigenvalue weighted by Crippen LogP contribution is -2.35. The van der Waals surface area contributed by atoms with Crippen molar-refractivity contribution in [3.8, 4) is 0 Å². The van der Waals surface area contributed by atoms with Crippen molar-refractivity contribution in [1.82, 2.24) is 24.1 Å². The normalized spacial score (nSPS) is 20.5. The van der Waals surface area contributed by atoms with Gasteiger partial charge in [-0.25, -0.2) is 4.98 Å². The highest BCUT2D eigenvalue weighted by atomic mass is 32.2. The first kappa shape index (κ1) is 19.9. The molecule has 0 saturated carbocycles. The van der Waals surface area contributed by atoms with Crippen molar-refractivity contribution in [2.45, 2.75) is 63.1 Å². The number of fused-ring (bicyclic) bond motifs is 1. The third kappa shape index (κ3) is 4.07. The number of ether oxygens (including phenoxy) is 1. The summed E-state index contributed by atoms with van der Waals surface area (Å²) < 4.78 is 10.3. The summed E-state index contributed by atoms with van der Waals surface area (Å²) in [5.41, 5.74) is 3.28. The van der Waals surface area contributed by atoms with Gasteiger partial charge in [0.2, 0.25) is 5.95 Å². The molecule has 160 valence electrons. The van der Waals surface area contributed by atoms with Crippen LogP contribution in [-0.4, -0.2) is 49.9 Å². The maximum atomic E-state index is 5.94. The van der Waals surface area contributed by atoms with Crippen LogP contribution in [0.4, 0.5) is 5.95 Å². The molecule has 0 aromatic carbocycles. The van der Waals surface area contributed by atoms with E-state index < -0.39 is 0 Å². The summed E-state index contributed by atoms with van der Waals surface area (Å²) in [6.07, 6.45) is 9.13. The van der Waals surface area contributed by atoms with Gasteiger partial charge in [0, 0.05) is 37.8 Å². The van der Waals surface area contributed by atoms with Gasteiger partial charge in [0.1, 0.15) is 5.65 Å². The molecular weight excluding hydrogens is 396 g/mol. The summed E-state index contributed by atoms with van der Waals surface area (Å²) in [6, 6.07) is 4.16. The van der Waals surface area contributed by atoms with E-state index in [9.17, 15) is 0 Å². The average molecular weight is 427 g/mol. The van der Waals surface area contributed by atoms with Crippen molar-refractivity contribution in [3.05, 3.63) is 35.8 Å². The Morgan fingerprint density at radius 2 is 2.07 bits per heavy atom. The zero-order chi connectivity index (χ0) is 20.5. The minimum absolute atomic E-state index is 0.264. The lowest BCUT2D eigenvalue weighted by atomic mass is 10.00. The third-order valence-corrected chi connectivity index (χ3v) is 7.25. The van der Waals surface area contributed by atoms with E-state index in [0.29, 0.717) is 0 Å². The van der Waals surface area contributed by atoms with Gasteiger partial charge in [-0.2, -0.15) is 0 Å². The van der Waals surface area contributed by atoms with Crippen LogP contribution in [0.2, 0.25) is 0 Å². The molecule has 0 amide bonds. The van der Waals surface area contributed by atoms with Crippen molar-refractivity contribution in [2.24, 2.45) is 5.92 Å². The number of aromatic nitrogens is 5. The Kier molecular flexibility index (Phi) is 5.69. The first-order valence-electron chi connectivity index (χ1n) is 11.0. The summed E-state index contributed by atoms with van der Waals surface area (Å²) in [6.45, 7) is 8.26. The number of nitrogens with zero attached hydrogens (tertiary/aromatic N) is 6. The number of pyridine rings is 1. The van der Waals surface area contributed by atoms with E-state index in [-0.39, 0.29) is 6.10 Å². The molecule has 3 aromatic rings. The standard InChI is InChI=1S/C22H30N6OS/c1-16-7-10-26(11-8-16)21-24-25-22(28(21)14-19-6-4-12-29-19)30-15-18-13-27-9-3-5-17(2)20(27)23-18/h3,5,9,13,16,19H,4,6-8,10-12,14-15H2,1-2H3. The van der Waals surface area contributed by atoms with E-state index in [1.807, 2.05) is 0 Å². The Balaban J connectivity index is 1.36. The molecule has 1 unspecified atom stereocenters. The summed E-state index contributed by atoms with van der Waals surface area (Å²) >= 11 is 1.72. The van der Waals surface area contributed by atoms with Crippen LogP contribution in [0.3, 0.4) is 0 Å². The maximum Gasteiger partial charge on any atom is 0.228 e. The maximum absolute atomic E-state index is 5.94. The van der Waals surface area contributed by atoms with Gasteiger partial charge < -0.3 is 14.0 Å². The SMILES string of the molecule is Cc1cccn2cc(CSc3nnc(N4CCC(C)CC4)n3CC3CCCO3)nc12. The van der Waals surface area contributed by atoms with Gasteiger partial charge in [-0.1, -0.05) is 24.8 Å². The molecule has 3 aromatic heterocycles. The Bertz CT molecular complexity index is 1000. The molecule has 0 aliphatic carbocycles. The number of hydrogen-bond acceptors (Lipinski definition) is 6. The number of imidazole rings is 1. The van der Waals surface area contributed by atoms with Crippen molar-refractivity contribution in [2.75, 3.05) is 24.6 Å². The van der Waals surface area contributed by atoms with Crippen LogP contribution in [-0.2, 0) is 17.0 Å². The number of aryl methyl sites for hydroxylation is 1. The predicted molar refractivity (Wildman–Crippen MR) is 119 cm³/mol. The molecule has 8 heteroatoms. The van der Waals surface area contributed by atoms with E-state index in [4.69, 9.17) is 9.72 Å². The first-order chi connectivity index (χ1) is 14.7. The van der Waals surface area contributed by atoms with Crippen LogP contribution < -0.4 is 4.90 Å².